The number of rotatable bonds is 9. The summed E-state index contributed by atoms with van der Waals surface area (Å²) in [4.78, 5) is 4.71. The second kappa shape index (κ2) is 10.9. The Labute approximate surface area is 155 Å². The highest BCUT2D eigenvalue weighted by Gasteiger charge is 2.00. The second-order valence-electron chi connectivity index (χ2n) is 5.87. The Kier molecular flexibility index (Phi) is 8.46. The molecule has 0 saturated carbocycles. The van der Waals surface area contributed by atoms with Crippen LogP contribution in [0.3, 0.4) is 0 Å². The molecule has 0 saturated heterocycles. The number of nitrogens with one attached hydrogen (secondary N) is 2. The van der Waals surface area contributed by atoms with Crippen molar-refractivity contribution >= 4 is 28.5 Å². The van der Waals surface area contributed by atoms with E-state index in [0.29, 0.717) is 6.54 Å². The summed E-state index contributed by atoms with van der Waals surface area (Å²) in [5.41, 5.74) is 1.21. The van der Waals surface area contributed by atoms with Gasteiger partial charge >= 0.3 is 0 Å². The molecular weight excluding hydrogens is 330 g/mol. The molecule has 2 aromatic carbocycles. The highest BCUT2D eigenvalue weighted by molar-refractivity contribution is 7.98. The summed E-state index contributed by atoms with van der Waals surface area (Å²) in [6.07, 6.45) is 4.56. The van der Waals surface area contributed by atoms with Gasteiger partial charge in [0.25, 0.3) is 0 Å². The molecule has 0 aliphatic heterocycles. The maximum absolute atomic E-state index is 5.28. The van der Waals surface area contributed by atoms with E-state index in [1.807, 2.05) is 17.8 Å². The van der Waals surface area contributed by atoms with Crippen LogP contribution in [0.2, 0.25) is 0 Å². The van der Waals surface area contributed by atoms with Gasteiger partial charge in [0.1, 0.15) is 5.75 Å². The lowest BCUT2D eigenvalue weighted by Crippen LogP contribution is -2.37. The molecule has 2 aromatic rings. The van der Waals surface area contributed by atoms with Crippen molar-refractivity contribution in [2.24, 2.45) is 4.99 Å². The van der Waals surface area contributed by atoms with Crippen LogP contribution in [0.25, 0.3) is 10.8 Å². The topological polar surface area (TPSA) is 45.7 Å². The monoisotopic (exact) mass is 359 g/mol. The number of methoxy groups -OCH3 is 1. The molecule has 0 heterocycles. The van der Waals surface area contributed by atoms with E-state index < -0.39 is 0 Å². The van der Waals surface area contributed by atoms with Crippen LogP contribution in [0.4, 0.5) is 0 Å². The zero-order chi connectivity index (χ0) is 17.9. The van der Waals surface area contributed by atoms with Gasteiger partial charge in [-0.25, -0.2) is 4.99 Å². The Morgan fingerprint density at radius 1 is 1.08 bits per heavy atom. The summed E-state index contributed by atoms with van der Waals surface area (Å²) >= 11 is 1.90. The normalized spacial score (nSPS) is 11.6. The summed E-state index contributed by atoms with van der Waals surface area (Å²) < 4.78 is 5.28. The van der Waals surface area contributed by atoms with Crippen molar-refractivity contribution in [1.29, 1.82) is 0 Å². The fourth-order valence-corrected chi connectivity index (χ4v) is 3.08. The van der Waals surface area contributed by atoms with Gasteiger partial charge in [0.2, 0.25) is 0 Å². The van der Waals surface area contributed by atoms with E-state index in [4.69, 9.17) is 9.73 Å². The van der Waals surface area contributed by atoms with Crippen LogP contribution in [0, 0.1) is 0 Å². The fraction of sp³-hybridized carbons (Fsp3) is 0.450. The van der Waals surface area contributed by atoms with Crippen molar-refractivity contribution in [2.75, 3.05) is 32.2 Å². The molecule has 0 spiro atoms. The molecule has 2 N–H and O–H groups in total. The maximum Gasteiger partial charge on any atom is 0.191 e. The Morgan fingerprint density at radius 2 is 1.88 bits per heavy atom. The van der Waals surface area contributed by atoms with Crippen molar-refractivity contribution in [3.05, 3.63) is 42.0 Å². The zero-order valence-electron chi connectivity index (χ0n) is 15.5. The van der Waals surface area contributed by atoms with Crippen LogP contribution in [-0.2, 0) is 6.54 Å². The third kappa shape index (κ3) is 6.50. The molecule has 0 radical (unpaired) electrons. The average molecular weight is 360 g/mol. The standard InChI is InChI=1S/C20H29N3OS/c1-4-21-20(22-11-5-6-12-25-3)23-15-16-7-8-18-14-19(24-2)10-9-17(18)13-16/h7-10,13-14H,4-6,11-12,15H2,1-3H3,(H2,21,22,23). The molecule has 0 atom stereocenters. The first-order valence-electron chi connectivity index (χ1n) is 8.84. The largest absolute Gasteiger partial charge is 0.497 e. The van der Waals surface area contributed by atoms with E-state index >= 15 is 0 Å². The molecule has 0 amide bonds. The molecule has 0 bridgehead atoms. The molecule has 0 aromatic heterocycles. The van der Waals surface area contributed by atoms with Gasteiger partial charge in [-0.15, -0.1) is 0 Å². The van der Waals surface area contributed by atoms with Crippen molar-refractivity contribution < 1.29 is 4.74 Å². The molecular formula is C20H29N3OS. The first-order chi connectivity index (χ1) is 12.3. The summed E-state index contributed by atoms with van der Waals surface area (Å²) in [6.45, 7) is 4.59. The van der Waals surface area contributed by atoms with Gasteiger partial charge in [-0.3, -0.25) is 0 Å². The number of ether oxygens (including phenoxy) is 1. The van der Waals surface area contributed by atoms with Crippen LogP contribution in [-0.4, -0.2) is 38.2 Å². The van der Waals surface area contributed by atoms with Crippen molar-refractivity contribution in [2.45, 2.75) is 26.3 Å². The number of unbranched alkanes of at least 4 members (excludes halogenated alkanes) is 1. The summed E-state index contributed by atoms with van der Waals surface area (Å²) in [5, 5.41) is 9.13. The molecule has 25 heavy (non-hydrogen) atoms. The van der Waals surface area contributed by atoms with Crippen molar-refractivity contribution in [1.82, 2.24) is 10.6 Å². The van der Waals surface area contributed by atoms with Crippen LogP contribution < -0.4 is 15.4 Å². The molecule has 0 aliphatic rings. The lowest BCUT2D eigenvalue weighted by atomic mass is 10.1. The van der Waals surface area contributed by atoms with E-state index in [2.05, 4.69) is 54.1 Å². The minimum absolute atomic E-state index is 0.669. The first kappa shape index (κ1) is 19.4. The van der Waals surface area contributed by atoms with Crippen molar-refractivity contribution in [3.63, 3.8) is 0 Å². The Bertz CT molecular complexity index is 688. The minimum Gasteiger partial charge on any atom is -0.497 e. The van der Waals surface area contributed by atoms with E-state index in [0.717, 1.165) is 24.8 Å². The third-order valence-corrected chi connectivity index (χ3v) is 4.64. The Balaban J connectivity index is 1.97. The van der Waals surface area contributed by atoms with Crippen LogP contribution in [0.1, 0.15) is 25.3 Å². The number of guanidine groups is 1. The molecule has 2 rings (SSSR count). The highest BCUT2D eigenvalue weighted by Crippen LogP contribution is 2.22. The summed E-state index contributed by atoms with van der Waals surface area (Å²) in [6, 6.07) is 12.6. The number of fused-ring (bicyclic) bond motifs is 1. The molecule has 0 fully saturated rings. The maximum atomic E-state index is 5.28. The van der Waals surface area contributed by atoms with E-state index in [1.165, 1.54) is 34.9 Å². The van der Waals surface area contributed by atoms with Gasteiger partial charge in [-0.05, 0) is 66.3 Å². The van der Waals surface area contributed by atoms with Gasteiger partial charge in [-0.1, -0.05) is 18.2 Å². The van der Waals surface area contributed by atoms with Gasteiger partial charge in [0.05, 0.1) is 13.7 Å². The average Bonchev–Trinajstić information content (AvgIpc) is 2.65. The van der Waals surface area contributed by atoms with Crippen LogP contribution in [0.15, 0.2) is 41.4 Å². The quantitative estimate of drug-likeness (QED) is 0.403. The fourth-order valence-electron chi connectivity index (χ4n) is 2.59. The molecule has 5 heteroatoms. The second-order valence-corrected chi connectivity index (χ2v) is 6.85. The van der Waals surface area contributed by atoms with Gasteiger partial charge in [-0.2, -0.15) is 11.8 Å². The number of aliphatic imine (C=N–C) groups is 1. The number of benzene rings is 2. The zero-order valence-corrected chi connectivity index (χ0v) is 16.3. The molecule has 136 valence electrons. The minimum atomic E-state index is 0.669. The summed E-state index contributed by atoms with van der Waals surface area (Å²) in [5.74, 6) is 3.00. The van der Waals surface area contributed by atoms with E-state index in [-0.39, 0.29) is 0 Å². The SMILES string of the molecule is CCNC(=NCc1ccc2cc(OC)ccc2c1)NCCCCSC. The number of hydrogen-bond donors (Lipinski definition) is 2. The number of thioether (sulfide) groups is 1. The smallest absolute Gasteiger partial charge is 0.191 e. The van der Waals surface area contributed by atoms with Gasteiger partial charge in [0, 0.05) is 13.1 Å². The van der Waals surface area contributed by atoms with Crippen LogP contribution in [0.5, 0.6) is 5.75 Å². The predicted octanol–water partition coefficient (Wildman–Crippen LogP) is 4.05. The Morgan fingerprint density at radius 3 is 2.64 bits per heavy atom. The number of nitrogens with zero attached hydrogens (tertiary/aromatic N) is 1. The van der Waals surface area contributed by atoms with Gasteiger partial charge in [0.15, 0.2) is 5.96 Å². The Hall–Kier alpha value is -1.88. The third-order valence-electron chi connectivity index (χ3n) is 3.94. The van der Waals surface area contributed by atoms with Crippen LogP contribution >= 0.6 is 11.8 Å². The first-order valence-corrected chi connectivity index (χ1v) is 10.2. The van der Waals surface area contributed by atoms with E-state index in [9.17, 15) is 0 Å². The predicted molar refractivity (Wildman–Crippen MR) is 111 cm³/mol. The van der Waals surface area contributed by atoms with E-state index in [1.54, 1.807) is 7.11 Å². The number of hydrogen-bond acceptors (Lipinski definition) is 3. The molecule has 4 nitrogen and oxygen atoms in total. The lowest BCUT2D eigenvalue weighted by molar-refractivity contribution is 0.415. The molecule has 0 unspecified atom stereocenters. The molecule has 0 aliphatic carbocycles. The van der Waals surface area contributed by atoms with Crippen molar-refractivity contribution in [3.8, 4) is 5.75 Å². The lowest BCUT2D eigenvalue weighted by Gasteiger charge is -2.11. The summed E-state index contributed by atoms with van der Waals surface area (Å²) in [7, 11) is 1.70. The highest BCUT2D eigenvalue weighted by atomic mass is 32.2. The van der Waals surface area contributed by atoms with Gasteiger partial charge < -0.3 is 15.4 Å².